The van der Waals surface area contributed by atoms with Gasteiger partial charge in [-0.3, -0.25) is 9.59 Å². The lowest BCUT2D eigenvalue weighted by molar-refractivity contribution is -0.141. The lowest BCUT2D eigenvalue weighted by atomic mass is 9.94. The molecule has 0 spiro atoms. The second-order valence-corrected chi connectivity index (χ2v) is 6.40. The van der Waals surface area contributed by atoms with Crippen LogP contribution in [0.4, 0.5) is 0 Å². The number of carbonyl (C=O) groups is 2. The van der Waals surface area contributed by atoms with Crippen molar-refractivity contribution in [3.05, 3.63) is 0 Å². The molecule has 1 unspecified atom stereocenters. The molecule has 0 aromatic carbocycles. The van der Waals surface area contributed by atoms with Crippen LogP contribution in [-0.4, -0.2) is 61.4 Å². The zero-order chi connectivity index (χ0) is 15.2. The number of carbonyl (C=O) groups excluding carboxylic acids is 2. The molecule has 5 nitrogen and oxygen atoms in total. The fourth-order valence-corrected chi connectivity index (χ4v) is 3.29. The van der Waals surface area contributed by atoms with Gasteiger partial charge in [-0.15, -0.1) is 0 Å². The molecular formula is C16H29N3O2. The smallest absolute Gasteiger partial charge is 0.227 e. The third-order valence-corrected chi connectivity index (χ3v) is 4.79. The van der Waals surface area contributed by atoms with Crippen molar-refractivity contribution in [1.82, 2.24) is 15.1 Å². The Morgan fingerprint density at radius 2 is 1.90 bits per heavy atom. The number of hydrogen-bond acceptors (Lipinski definition) is 3. The van der Waals surface area contributed by atoms with Gasteiger partial charge in [-0.1, -0.05) is 13.3 Å². The van der Waals surface area contributed by atoms with Gasteiger partial charge in [0.25, 0.3) is 0 Å². The molecule has 120 valence electrons. The van der Waals surface area contributed by atoms with Gasteiger partial charge < -0.3 is 15.1 Å². The maximum atomic E-state index is 12.3. The van der Waals surface area contributed by atoms with E-state index < -0.39 is 0 Å². The minimum atomic E-state index is 0.109. The number of amides is 2. The van der Waals surface area contributed by atoms with Crippen LogP contribution in [-0.2, 0) is 9.59 Å². The zero-order valence-electron chi connectivity index (χ0n) is 13.4. The first-order valence-corrected chi connectivity index (χ1v) is 8.38. The highest BCUT2D eigenvalue weighted by Crippen LogP contribution is 2.22. The van der Waals surface area contributed by atoms with Crippen LogP contribution in [0, 0.1) is 11.8 Å². The summed E-state index contributed by atoms with van der Waals surface area (Å²) in [5.41, 5.74) is 0. The largest absolute Gasteiger partial charge is 0.346 e. The van der Waals surface area contributed by atoms with E-state index in [2.05, 4.69) is 12.2 Å². The summed E-state index contributed by atoms with van der Waals surface area (Å²) in [6.07, 6.45) is 4.77. The van der Waals surface area contributed by atoms with E-state index in [0.29, 0.717) is 0 Å². The second-order valence-electron chi connectivity index (χ2n) is 6.40. The highest BCUT2D eigenvalue weighted by atomic mass is 16.2. The Labute approximate surface area is 128 Å². The first kappa shape index (κ1) is 16.3. The molecule has 0 radical (unpaired) electrons. The normalized spacial score (nSPS) is 23.3. The molecule has 5 heteroatoms. The second kappa shape index (κ2) is 7.78. The Balaban J connectivity index is 1.77. The number of rotatable bonds is 5. The van der Waals surface area contributed by atoms with Gasteiger partial charge in [0.05, 0.1) is 5.92 Å². The summed E-state index contributed by atoms with van der Waals surface area (Å²) < 4.78 is 0. The Hall–Kier alpha value is -1.10. The molecule has 2 rings (SSSR count). The molecule has 0 aromatic rings. The summed E-state index contributed by atoms with van der Waals surface area (Å²) in [5.74, 6) is 0.811. The standard InChI is InChI=1S/C16H29N3O2/c1-3-4-9-18(2)15(20)13-6-10-19(11-7-13)16(21)14-5-8-17-12-14/h13-14,17H,3-12H2,1-2H3. The van der Waals surface area contributed by atoms with E-state index in [0.717, 1.165) is 64.8 Å². The van der Waals surface area contributed by atoms with E-state index in [-0.39, 0.29) is 23.7 Å². The predicted molar refractivity (Wildman–Crippen MR) is 82.8 cm³/mol. The van der Waals surface area contributed by atoms with Crippen molar-refractivity contribution < 1.29 is 9.59 Å². The minimum absolute atomic E-state index is 0.109. The molecule has 2 heterocycles. The van der Waals surface area contributed by atoms with E-state index in [1.54, 1.807) is 0 Å². The van der Waals surface area contributed by atoms with Crippen LogP contribution < -0.4 is 5.32 Å². The molecule has 2 aliphatic rings. The molecule has 0 aliphatic carbocycles. The Morgan fingerprint density at radius 3 is 2.48 bits per heavy atom. The number of nitrogens with one attached hydrogen (secondary N) is 1. The van der Waals surface area contributed by atoms with E-state index in [9.17, 15) is 9.59 Å². The predicted octanol–water partition coefficient (Wildman–Crippen LogP) is 1.09. The molecule has 0 saturated carbocycles. The van der Waals surface area contributed by atoms with Crippen molar-refractivity contribution in [2.75, 3.05) is 39.8 Å². The Morgan fingerprint density at radius 1 is 1.19 bits per heavy atom. The van der Waals surface area contributed by atoms with Crippen molar-refractivity contribution in [2.45, 2.75) is 39.0 Å². The molecule has 0 aromatic heterocycles. The first-order valence-electron chi connectivity index (χ1n) is 8.38. The van der Waals surface area contributed by atoms with Crippen LogP contribution in [0.25, 0.3) is 0 Å². The quantitative estimate of drug-likeness (QED) is 0.826. The Kier molecular flexibility index (Phi) is 6.03. The van der Waals surface area contributed by atoms with Gasteiger partial charge in [-0.25, -0.2) is 0 Å². The first-order chi connectivity index (χ1) is 10.1. The van der Waals surface area contributed by atoms with E-state index in [1.165, 1.54) is 0 Å². The molecule has 1 atom stereocenters. The van der Waals surface area contributed by atoms with Crippen molar-refractivity contribution in [2.24, 2.45) is 11.8 Å². The van der Waals surface area contributed by atoms with Gasteiger partial charge >= 0.3 is 0 Å². The van der Waals surface area contributed by atoms with Crippen LogP contribution in [0.1, 0.15) is 39.0 Å². The molecule has 1 N–H and O–H groups in total. The van der Waals surface area contributed by atoms with E-state index in [4.69, 9.17) is 0 Å². The van der Waals surface area contributed by atoms with Crippen molar-refractivity contribution in [1.29, 1.82) is 0 Å². The monoisotopic (exact) mass is 295 g/mol. The molecule has 0 bridgehead atoms. The van der Waals surface area contributed by atoms with Gasteiger partial charge in [-0.2, -0.15) is 0 Å². The maximum Gasteiger partial charge on any atom is 0.227 e. The zero-order valence-corrected chi connectivity index (χ0v) is 13.4. The number of likely N-dealkylation sites (tertiary alicyclic amines) is 1. The van der Waals surface area contributed by atoms with Gasteiger partial charge in [0.1, 0.15) is 0 Å². The van der Waals surface area contributed by atoms with Gasteiger partial charge in [0, 0.05) is 39.1 Å². The summed E-state index contributed by atoms with van der Waals surface area (Å²) >= 11 is 0. The number of unbranched alkanes of at least 4 members (excludes halogenated alkanes) is 1. The van der Waals surface area contributed by atoms with Crippen LogP contribution in [0.15, 0.2) is 0 Å². The summed E-state index contributed by atoms with van der Waals surface area (Å²) in [6, 6.07) is 0. The number of nitrogens with zero attached hydrogens (tertiary/aromatic N) is 2. The number of piperidine rings is 1. The molecule has 2 fully saturated rings. The highest BCUT2D eigenvalue weighted by Gasteiger charge is 2.32. The molecule has 2 aliphatic heterocycles. The van der Waals surface area contributed by atoms with Gasteiger partial charge in [0.2, 0.25) is 11.8 Å². The third kappa shape index (κ3) is 4.19. The highest BCUT2D eigenvalue weighted by molar-refractivity contribution is 5.81. The summed E-state index contributed by atoms with van der Waals surface area (Å²) in [6.45, 7) is 6.24. The summed E-state index contributed by atoms with van der Waals surface area (Å²) in [4.78, 5) is 28.5. The lowest BCUT2D eigenvalue weighted by Gasteiger charge is -2.34. The average molecular weight is 295 g/mol. The van der Waals surface area contributed by atoms with E-state index in [1.807, 2.05) is 16.8 Å². The number of hydrogen-bond donors (Lipinski definition) is 1. The van der Waals surface area contributed by atoms with Crippen LogP contribution in [0.5, 0.6) is 0 Å². The minimum Gasteiger partial charge on any atom is -0.346 e. The molecule has 21 heavy (non-hydrogen) atoms. The third-order valence-electron chi connectivity index (χ3n) is 4.79. The van der Waals surface area contributed by atoms with Crippen LogP contribution in [0.2, 0.25) is 0 Å². The fourth-order valence-electron chi connectivity index (χ4n) is 3.29. The van der Waals surface area contributed by atoms with Gasteiger partial charge in [-0.05, 0) is 32.2 Å². The average Bonchev–Trinajstić information content (AvgIpc) is 3.05. The van der Waals surface area contributed by atoms with Crippen LogP contribution in [0.3, 0.4) is 0 Å². The molecular weight excluding hydrogens is 266 g/mol. The topological polar surface area (TPSA) is 52.7 Å². The van der Waals surface area contributed by atoms with Gasteiger partial charge in [0.15, 0.2) is 0 Å². The summed E-state index contributed by atoms with van der Waals surface area (Å²) in [7, 11) is 1.90. The lowest BCUT2D eigenvalue weighted by Crippen LogP contribution is -2.45. The van der Waals surface area contributed by atoms with Crippen molar-refractivity contribution in [3.63, 3.8) is 0 Å². The molecule has 2 amide bonds. The SMILES string of the molecule is CCCCN(C)C(=O)C1CCN(C(=O)C2CCNC2)CC1. The molecule has 2 saturated heterocycles. The van der Waals surface area contributed by atoms with Crippen molar-refractivity contribution in [3.8, 4) is 0 Å². The maximum absolute atomic E-state index is 12.3. The van der Waals surface area contributed by atoms with E-state index >= 15 is 0 Å². The summed E-state index contributed by atoms with van der Waals surface area (Å²) in [5, 5.41) is 3.25. The van der Waals surface area contributed by atoms with Crippen LogP contribution >= 0.6 is 0 Å². The fraction of sp³-hybridized carbons (Fsp3) is 0.875. The Bertz CT molecular complexity index is 359. The van der Waals surface area contributed by atoms with Crippen molar-refractivity contribution >= 4 is 11.8 Å².